The van der Waals surface area contributed by atoms with Crippen molar-refractivity contribution >= 4 is 15.9 Å². The number of hydrogen-bond acceptors (Lipinski definition) is 2. The standard InChI is InChI=1S/C14H14BrNO/c1-11-10-13(5-6-14(11)15)17-9-7-12-4-2-3-8-16-12/h2-6,8,10H,7,9H2,1H3. The first-order chi connectivity index (χ1) is 8.25. The number of aromatic nitrogens is 1. The largest absolute Gasteiger partial charge is 0.493 e. The number of benzene rings is 1. The van der Waals surface area contributed by atoms with Crippen molar-refractivity contribution in [2.45, 2.75) is 13.3 Å². The van der Waals surface area contributed by atoms with Crippen LogP contribution in [0.25, 0.3) is 0 Å². The molecule has 1 aromatic carbocycles. The molecular formula is C14H14BrNO. The summed E-state index contributed by atoms with van der Waals surface area (Å²) in [5, 5.41) is 0. The van der Waals surface area contributed by atoms with Gasteiger partial charge in [0, 0.05) is 22.8 Å². The lowest BCUT2D eigenvalue weighted by molar-refractivity contribution is 0.320. The van der Waals surface area contributed by atoms with Crippen LogP contribution in [0.15, 0.2) is 47.1 Å². The van der Waals surface area contributed by atoms with Crippen LogP contribution in [-0.4, -0.2) is 11.6 Å². The van der Waals surface area contributed by atoms with E-state index in [4.69, 9.17) is 4.74 Å². The predicted molar refractivity (Wildman–Crippen MR) is 72.3 cm³/mol. The molecule has 2 nitrogen and oxygen atoms in total. The van der Waals surface area contributed by atoms with Crippen LogP contribution in [0.2, 0.25) is 0 Å². The number of hydrogen-bond donors (Lipinski definition) is 0. The first-order valence-corrected chi connectivity index (χ1v) is 6.34. The van der Waals surface area contributed by atoms with Gasteiger partial charge in [0.05, 0.1) is 6.61 Å². The van der Waals surface area contributed by atoms with Gasteiger partial charge in [0.15, 0.2) is 0 Å². The van der Waals surface area contributed by atoms with E-state index in [1.54, 1.807) is 6.20 Å². The summed E-state index contributed by atoms with van der Waals surface area (Å²) in [6, 6.07) is 11.9. The zero-order valence-corrected chi connectivity index (χ0v) is 11.3. The average molecular weight is 292 g/mol. The fourth-order valence-electron chi connectivity index (χ4n) is 1.53. The lowest BCUT2D eigenvalue weighted by atomic mass is 10.2. The van der Waals surface area contributed by atoms with E-state index in [-0.39, 0.29) is 0 Å². The fraction of sp³-hybridized carbons (Fsp3) is 0.214. The topological polar surface area (TPSA) is 22.1 Å². The van der Waals surface area contributed by atoms with Crippen molar-refractivity contribution in [3.8, 4) is 5.75 Å². The van der Waals surface area contributed by atoms with Crippen molar-refractivity contribution in [2.75, 3.05) is 6.61 Å². The van der Waals surface area contributed by atoms with Gasteiger partial charge in [-0.3, -0.25) is 4.98 Å². The Morgan fingerprint density at radius 1 is 1.24 bits per heavy atom. The second-order valence-electron chi connectivity index (χ2n) is 3.83. The van der Waals surface area contributed by atoms with Crippen molar-refractivity contribution in [1.29, 1.82) is 0 Å². The number of ether oxygens (including phenoxy) is 1. The van der Waals surface area contributed by atoms with Gasteiger partial charge in [0.1, 0.15) is 5.75 Å². The molecule has 0 bridgehead atoms. The predicted octanol–water partition coefficient (Wildman–Crippen LogP) is 3.77. The van der Waals surface area contributed by atoms with Crippen LogP contribution in [0.3, 0.4) is 0 Å². The van der Waals surface area contributed by atoms with E-state index in [1.165, 1.54) is 5.56 Å². The van der Waals surface area contributed by atoms with Crippen LogP contribution >= 0.6 is 15.9 Å². The molecule has 3 heteroatoms. The van der Waals surface area contributed by atoms with Crippen molar-refractivity contribution in [3.05, 3.63) is 58.3 Å². The molecule has 0 saturated heterocycles. The average Bonchev–Trinajstić information content (AvgIpc) is 2.35. The van der Waals surface area contributed by atoms with Crippen LogP contribution in [0, 0.1) is 6.92 Å². The van der Waals surface area contributed by atoms with Gasteiger partial charge in [-0.2, -0.15) is 0 Å². The van der Waals surface area contributed by atoms with Crippen molar-refractivity contribution < 1.29 is 4.74 Å². The maximum Gasteiger partial charge on any atom is 0.119 e. The minimum atomic E-state index is 0.651. The Balaban J connectivity index is 1.88. The van der Waals surface area contributed by atoms with E-state index in [0.29, 0.717) is 6.61 Å². The molecule has 88 valence electrons. The Hall–Kier alpha value is -1.35. The molecule has 1 aromatic heterocycles. The van der Waals surface area contributed by atoms with Gasteiger partial charge in [0.2, 0.25) is 0 Å². The number of rotatable bonds is 4. The van der Waals surface area contributed by atoms with Crippen LogP contribution in [0.5, 0.6) is 5.75 Å². The van der Waals surface area contributed by atoms with Gasteiger partial charge in [-0.25, -0.2) is 0 Å². The van der Waals surface area contributed by atoms with E-state index < -0.39 is 0 Å². The van der Waals surface area contributed by atoms with Gasteiger partial charge >= 0.3 is 0 Å². The van der Waals surface area contributed by atoms with Crippen LogP contribution in [0.4, 0.5) is 0 Å². The fourth-order valence-corrected chi connectivity index (χ4v) is 1.77. The summed E-state index contributed by atoms with van der Waals surface area (Å²) in [5.41, 5.74) is 2.24. The number of pyridine rings is 1. The molecule has 0 N–H and O–H groups in total. The van der Waals surface area contributed by atoms with Gasteiger partial charge in [-0.1, -0.05) is 22.0 Å². The summed E-state index contributed by atoms with van der Waals surface area (Å²) < 4.78 is 6.79. The van der Waals surface area contributed by atoms with Gasteiger partial charge in [0.25, 0.3) is 0 Å². The first-order valence-electron chi connectivity index (χ1n) is 5.54. The highest BCUT2D eigenvalue weighted by atomic mass is 79.9. The van der Waals surface area contributed by atoms with Gasteiger partial charge < -0.3 is 4.74 Å². The summed E-state index contributed by atoms with van der Waals surface area (Å²) in [6.45, 7) is 2.70. The second kappa shape index (κ2) is 5.82. The first kappa shape index (κ1) is 12.1. The van der Waals surface area contributed by atoms with E-state index in [0.717, 1.165) is 22.3 Å². The molecule has 0 unspecified atom stereocenters. The molecule has 0 saturated carbocycles. The quantitative estimate of drug-likeness (QED) is 0.855. The highest BCUT2D eigenvalue weighted by Crippen LogP contribution is 2.21. The van der Waals surface area contributed by atoms with Gasteiger partial charge in [-0.05, 0) is 42.8 Å². The summed E-state index contributed by atoms with van der Waals surface area (Å²) >= 11 is 3.47. The maximum atomic E-state index is 5.68. The van der Waals surface area contributed by atoms with Crippen LogP contribution in [0.1, 0.15) is 11.3 Å². The lowest BCUT2D eigenvalue weighted by Gasteiger charge is -2.07. The molecule has 0 amide bonds. The summed E-state index contributed by atoms with van der Waals surface area (Å²) in [4.78, 5) is 4.25. The SMILES string of the molecule is Cc1cc(OCCc2ccccn2)ccc1Br. The van der Waals surface area contributed by atoms with E-state index in [2.05, 4.69) is 27.8 Å². The van der Waals surface area contributed by atoms with E-state index >= 15 is 0 Å². The third-order valence-corrected chi connectivity index (χ3v) is 3.37. The Morgan fingerprint density at radius 2 is 2.12 bits per heavy atom. The normalized spacial score (nSPS) is 10.2. The minimum Gasteiger partial charge on any atom is -0.493 e. The highest BCUT2D eigenvalue weighted by molar-refractivity contribution is 9.10. The summed E-state index contributed by atoms with van der Waals surface area (Å²) in [7, 11) is 0. The smallest absolute Gasteiger partial charge is 0.119 e. The molecule has 0 aliphatic rings. The zero-order valence-electron chi connectivity index (χ0n) is 9.69. The van der Waals surface area contributed by atoms with Gasteiger partial charge in [-0.15, -0.1) is 0 Å². The third-order valence-electron chi connectivity index (χ3n) is 2.48. The maximum absolute atomic E-state index is 5.68. The Morgan fingerprint density at radius 3 is 2.82 bits per heavy atom. The molecule has 2 aromatic rings. The number of aryl methyl sites for hydroxylation is 1. The van der Waals surface area contributed by atoms with Crippen LogP contribution < -0.4 is 4.74 Å². The molecule has 0 atom stereocenters. The second-order valence-corrected chi connectivity index (χ2v) is 4.68. The van der Waals surface area contributed by atoms with Crippen molar-refractivity contribution in [2.24, 2.45) is 0 Å². The molecule has 1 heterocycles. The van der Waals surface area contributed by atoms with Crippen molar-refractivity contribution in [1.82, 2.24) is 4.98 Å². The van der Waals surface area contributed by atoms with E-state index in [9.17, 15) is 0 Å². The molecule has 0 aliphatic heterocycles. The van der Waals surface area contributed by atoms with E-state index in [1.807, 2.05) is 36.4 Å². The molecular weight excluding hydrogens is 278 g/mol. The molecule has 0 fully saturated rings. The number of nitrogens with zero attached hydrogens (tertiary/aromatic N) is 1. The van der Waals surface area contributed by atoms with Crippen molar-refractivity contribution in [3.63, 3.8) is 0 Å². The highest BCUT2D eigenvalue weighted by Gasteiger charge is 1.99. The third kappa shape index (κ3) is 3.56. The molecule has 17 heavy (non-hydrogen) atoms. The summed E-state index contributed by atoms with van der Waals surface area (Å²) in [5.74, 6) is 0.904. The molecule has 0 spiro atoms. The molecule has 2 rings (SSSR count). The lowest BCUT2D eigenvalue weighted by Crippen LogP contribution is -2.02. The monoisotopic (exact) mass is 291 g/mol. The Bertz CT molecular complexity index is 485. The van der Waals surface area contributed by atoms with Crippen LogP contribution in [-0.2, 0) is 6.42 Å². The number of halogens is 1. The zero-order chi connectivity index (χ0) is 12.1. The Labute approximate surface area is 110 Å². The Kier molecular flexibility index (Phi) is 4.15. The minimum absolute atomic E-state index is 0.651. The summed E-state index contributed by atoms with van der Waals surface area (Å²) in [6.07, 6.45) is 2.63. The molecule has 0 radical (unpaired) electrons. The molecule has 0 aliphatic carbocycles.